The summed E-state index contributed by atoms with van der Waals surface area (Å²) in [6.45, 7) is 5.82. The number of hydrogen-bond donors (Lipinski definition) is 2. The Kier molecular flexibility index (Phi) is 8.54. The van der Waals surface area contributed by atoms with Crippen molar-refractivity contribution in [3.63, 3.8) is 0 Å². The molecule has 0 unspecified atom stereocenters. The van der Waals surface area contributed by atoms with Crippen LogP contribution in [0.4, 0.5) is 26.6 Å². The third-order valence-electron chi connectivity index (χ3n) is 6.35. The Hall–Kier alpha value is -4.16. The van der Waals surface area contributed by atoms with Gasteiger partial charge in [-0.15, -0.1) is 0 Å². The molecule has 1 fully saturated rings. The van der Waals surface area contributed by atoms with Gasteiger partial charge in [0.05, 0.1) is 6.61 Å². The van der Waals surface area contributed by atoms with Gasteiger partial charge in [-0.25, -0.2) is 14.2 Å². The second-order valence-corrected chi connectivity index (χ2v) is 9.27. The zero-order valence-electron chi connectivity index (χ0n) is 21.7. The lowest BCUT2D eigenvalue weighted by molar-refractivity contribution is 0.145. The topological polar surface area (TPSA) is 110 Å². The Bertz CT molecular complexity index is 1290. The number of amides is 1. The molecule has 0 atom stereocenters. The number of benzene rings is 2. The summed E-state index contributed by atoms with van der Waals surface area (Å²) in [5.74, 6) is 1.39. The van der Waals surface area contributed by atoms with E-state index >= 15 is 0 Å². The van der Waals surface area contributed by atoms with Gasteiger partial charge in [-0.2, -0.15) is 4.98 Å². The summed E-state index contributed by atoms with van der Waals surface area (Å²) in [5, 5.41) is 5.49. The minimum atomic E-state index is -0.683. The number of nitrogens with one attached hydrogen (secondary N) is 2. The zero-order chi connectivity index (χ0) is 27.0. The number of aromatic nitrogens is 2. The van der Waals surface area contributed by atoms with Crippen molar-refractivity contribution in [1.82, 2.24) is 19.8 Å². The Morgan fingerprint density at radius 1 is 1.08 bits per heavy atom. The second kappa shape index (κ2) is 12.6. The number of fused-ring (bicyclic) bond motifs is 1. The summed E-state index contributed by atoms with van der Waals surface area (Å²) in [5.41, 5.74) is 1.20. The van der Waals surface area contributed by atoms with Gasteiger partial charge in [-0.3, -0.25) is 5.32 Å². The average Bonchev–Trinajstić information content (AvgIpc) is 3.40. The molecule has 39 heavy (non-hydrogen) atoms. The molecule has 2 aliphatic heterocycles. The number of carbonyl (C=O) groups is 1. The van der Waals surface area contributed by atoms with Crippen LogP contribution in [0.5, 0.6) is 17.2 Å². The van der Waals surface area contributed by atoms with Crippen molar-refractivity contribution in [2.24, 2.45) is 0 Å². The fourth-order valence-corrected chi connectivity index (χ4v) is 4.18. The Balaban J connectivity index is 1.07. The molecule has 1 amide bonds. The lowest BCUT2D eigenvalue weighted by Gasteiger charge is -2.32. The predicted molar refractivity (Wildman–Crippen MR) is 142 cm³/mol. The summed E-state index contributed by atoms with van der Waals surface area (Å²) >= 11 is 0. The van der Waals surface area contributed by atoms with Gasteiger partial charge in [0.2, 0.25) is 12.7 Å². The number of halogens is 1. The maximum Gasteiger partial charge on any atom is 0.413 e. The van der Waals surface area contributed by atoms with Crippen LogP contribution >= 0.6 is 0 Å². The average molecular weight is 539 g/mol. The molecule has 3 aromatic rings. The van der Waals surface area contributed by atoms with E-state index in [1.807, 2.05) is 0 Å². The first kappa shape index (κ1) is 26.4. The van der Waals surface area contributed by atoms with Crippen LogP contribution in [0.25, 0.3) is 0 Å². The van der Waals surface area contributed by atoms with Crippen molar-refractivity contribution in [1.29, 1.82) is 0 Å². The highest BCUT2D eigenvalue weighted by Crippen LogP contribution is 2.32. The standard InChI is InChI=1S/C27H31FN6O5/c1-33-10-12-34(13-11-33)9-2-14-36-22-6-4-20(16-21(22)28)30-26-29-8-7-25(31-26)32-27(35)37-17-19-3-5-23-24(15-19)39-18-38-23/h3-8,15-16H,2,9-14,17-18H2,1H3,(H2,29,30,31,32,35). The normalized spacial score (nSPS) is 15.1. The summed E-state index contributed by atoms with van der Waals surface area (Å²) in [6, 6.07) is 11.4. The number of nitrogens with zero attached hydrogens (tertiary/aromatic N) is 4. The van der Waals surface area contributed by atoms with E-state index in [0.29, 0.717) is 23.8 Å². The fourth-order valence-electron chi connectivity index (χ4n) is 4.18. The minimum absolute atomic E-state index is 0.0439. The quantitative estimate of drug-likeness (QED) is 0.369. The van der Waals surface area contributed by atoms with E-state index in [1.54, 1.807) is 30.3 Å². The smallest absolute Gasteiger partial charge is 0.413 e. The van der Waals surface area contributed by atoms with Gasteiger partial charge in [-0.1, -0.05) is 6.07 Å². The number of rotatable bonds is 10. The van der Waals surface area contributed by atoms with Crippen molar-refractivity contribution in [2.45, 2.75) is 13.0 Å². The van der Waals surface area contributed by atoms with Crippen molar-refractivity contribution < 1.29 is 28.1 Å². The maximum absolute atomic E-state index is 14.6. The van der Waals surface area contributed by atoms with Crippen molar-refractivity contribution in [3.05, 3.63) is 60.0 Å². The SMILES string of the molecule is CN1CCN(CCCOc2ccc(Nc3nccc(NC(=O)OCc4ccc5c(c4)OCO5)n3)cc2F)CC1. The minimum Gasteiger partial charge on any atom is -0.490 e. The summed E-state index contributed by atoms with van der Waals surface area (Å²) in [6.07, 6.45) is 1.62. The summed E-state index contributed by atoms with van der Waals surface area (Å²) in [7, 11) is 2.13. The van der Waals surface area contributed by atoms with Gasteiger partial charge >= 0.3 is 6.09 Å². The molecule has 11 nitrogen and oxygen atoms in total. The molecule has 2 N–H and O–H groups in total. The van der Waals surface area contributed by atoms with Gasteiger partial charge in [0, 0.05) is 50.7 Å². The van der Waals surface area contributed by atoms with E-state index in [1.165, 1.54) is 18.3 Å². The number of ether oxygens (including phenoxy) is 4. The number of carbonyl (C=O) groups excluding carboxylic acids is 1. The molecular formula is C27H31FN6O5. The molecule has 5 rings (SSSR count). The highest BCUT2D eigenvalue weighted by atomic mass is 19.1. The molecule has 0 bridgehead atoms. The Morgan fingerprint density at radius 3 is 2.77 bits per heavy atom. The van der Waals surface area contributed by atoms with Crippen LogP contribution in [0, 0.1) is 5.82 Å². The first-order valence-electron chi connectivity index (χ1n) is 12.8. The molecule has 0 aliphatic carbocycles. The van der Waals surface area contributed by atoms with Gasteiger partial charge in [-0.05, 0) is 49.4 Å². The van der Waals surface area contributed by atoms with E-state index < -0.39 is 11.9 Å². The third-order valence-corrected chi connectivity index (χ3v) is 6.35. The van der Waals surface area contributed by atoms with Gasteiger partial charge in [0.25, 0.3) is 0 Å². The molecule has 0 saturated carbocycles. The lowest BCUT2D eigenvalue weighted by Crippen LogP contribution is -2.44. The number of piperazine rings is 1. The zero-order valence-corrected chi connectivity index (χ0v) is 21.7. The molecule has 1 saturated heterocycles. The third kappa shape index (κ3) is 7.45. The van der Waals surface area contributed by atoms with Crippen LogP contribution in [-0.2, 0) is 11.3 Å². The van der Waals surface area contributed by atoms with Crippen LogP contribution < -0.4 is 24.8 Å². The van der Waals surface area contributed by atoms with Crippen LogP contribution in [0.1, 0.15) is 12.0 Å². The molecular weight excluding hydrogens is 507 g/mol. The van der Waals surface area contributed by atoms with E-state index in [0.717, 1.165) is 44.7 Å². The van der Waals surface area contributed by atoms with Crippen molar-refractivity contribution in [2.75, 3.05) is 63.8 Å². The molecule has 2 aromatic carbocycles. The van der Waals surface area contributed by atoms with E-state index in [9.17, 15) is 9.18 Å². The van der Waals surface area contributed by atoms with Crippen molar-refractivity contribution >= 4 is 23.5 Å². The van der Waals surface area contributed by atoms with Gasteiger partial charge < -0.3 is 34.1 Å². The molecule has 0 spiro atoms. The molecule has 12 heteroatoms. The maximum atomic E-state index is 14.6. The van der Waals surface area contributed by atoms with E-state index in [-0.39, 0.29) is 30.9 Å². The first-order valence-corrected chi connectivity index (χ1v) is 12.8. The van der Waals surface area contributed by atoms with E-state index in [2.05, 4.69) is 37.4 Å². The molecule has 1 aromatic heterocycles. The number of likely N-dealkylation sites (N-methyl/N-ethyl adjacent to an activating group) is 1. The fraction of sp³-hybridized carbons (Fsp3) is 0.370. The monoisotopic (exact) mass is 538 g/mol. The van der Waals surface area contributed by atoms with Crippen molar-refractivity contribution in [3.8, 4) is 17.2 Å². The van der Waals surface area contributed by atoms with Gasteiger partial charge in [0.15, 0.2) is 23.1 Å². The Morgan fingerprint density at radius 2 is 1.92 bits per heavy atom. The number of anilines is 3. The predicted octanol–water partition coefficient (Wildman–Crippen LogP) is 3.85. The summed E-state index contributed by atoms with van der Waals surface area (Å²) in [4.78, 5) is 25.3. The van der Waals surface area contributed by atoms with E-state index in [4.69, 9.17) is 18.9 Å². The Labute approximate surface area is 225 Å². The van der Waals surface area contributed by atoms with Crippen LogP contribution in [0.3, 0.4) is 0 Å². The lowest BCUT2D eigenvalue weighted by atomic mass is 10.2. The van der Waals surface area contributed by atoms with Crippen LogP contribution in [-0.4, -0.2) is 79.0 Å². The molecule has 2 aliphatic rings. The number of hydrogen-bond acceptors (Lipinski definition) is 10. The highest BCUT2D eigenvalue weighted by molar-refractivity contribution is 5.83. The van der Waals surface area contributed by atoms with Crippen LogP contribution in [0.2, 0.25) is 0 Å². The second-order valence-electron chi connectivity index (χ2n) is 9.27. The highest BCUT2D eigenvalue weighted by Gasteiger charge is 2.15. The largest absolute Gasteiger partial charge is 0.490 e. The molecule has 0 radical (unpaired) electrons. The molecule has 206 valence electrons. The summed E-state index contributed by atoms with van der Waals surface area (Å²) < 4.78 is 36.1. The van der Waals surface area contributed by atoms with Gasteiger partial charge in [0.1, 0.15) is 12.4 Å². The van der Waals surface area contributed by atoms with Crippen LogP contribution in [0.15, 0.2) is 48.7 Å². The molecule has 3 heterocycles. The first-order chi connectivity index (χ1) is 19.0.